The fourth-order valence-corrected chi connectivity index (χ4v) is 4.55. The first-order valence-electron chi connectivity index (χ1n) is 11.9. The molecule has 0 saturated heterocycles. The Kier molecular flexibility index (Phi) is 5.90. The first kappa shape index (κ1) is 21.9. The fourth-order valence-electron chi connectivity index (χ4n) is 4.55. The van der Waals surface area contributed by atoms with Crippen LogP contribution < -0.4 is 0 Å². The van der Waals surface area contributed by atoms with Crippen molar-refractivity contribution in [3.8, 4) is 0 Å². The minimum Gasteiger partial charge on any atom is -0.0616 e. The van der Waals surface area contributed by atoms with Crippen molar-refractivity contribution in [2.45, 2.75) is 27.7 Å². The minimum absolute atomic E-state index is 1.23. The lowest BCUT2D eigenvalue weighted by Gasteiger charge is -2.09. The molecule has 0 unspecified atom stereocenters. The van der Waals surface area contributed by atoms with Crippen molar-refractivity contribution in [1.29, 1.82) is 0 Å². The van der Waals surface area contributed by atoms with Crippen LogP contribution in [0.15, 0.2) is 84.9 Å². The average molecular weight is 439 g/mol. The second-order valence-corrected chi connectivity index (χ2v) is 9.41. The van der Waals surface area contributed by atoms with Crippen LogP contribution in [0.4, 0.5) is 0 Å². The molecule has 0 heterocycles. The van der Waals surface area contributed by atoms with Crippen LogP contribution in [0.5, 0.6) is 0 Å². The number of hydrogen-bond donors (Lipinski definition) is 0. The molecule has 0 spiro atoms. The van der Waals surface area contributed by atoms with Crippen LogP contribution in [0.3, 0.4) is 0 Å². The molecule has 166 valence electrons. The van der Waals surface area contributed by atoms with E-state index in [4.69, 9.17) is 0 Å². The molecule has 0 aliphatic carbocycles. The number of fused-ring (bicyclic) bond motifs is 2. The molecular formula is C34H30. The van der Waals surface area contributed by atoms with Gasteiger partial charge in [-0.2, -0.15) is 0 Å². The largest absolute Gasteiger partial charge is 0.0616 e. The fraction of sp³-hybridized carbons (Fsp3) is 0.118. The van der Waals surface area contributed by atoms with Crippen molar-refractivity contribution in [3.63, 3.8) is 0 Å². The third-order valence-electron chi connectivity index (χ3n) is 6.66. The predicted octanol–water partition coefficient (Wildman–Crippen LogP) is 9.57. The summed E-state index contributed by atoms with van der Waals surface area (Å²) in [4.78, 5) is 0. The smallest absolute Gasteiger partial charge is 0.0171 e. The van der Waals surface area contributed by atoms with Gasteiger partial charge in [0.1, 0.15) is 0 Å². The summed E-state index contributed by atoms with van der Waals surface area (Å²) in [6, 6.07) is 31.1. The van der Waals surface area contributed by atoms with Gasteiger partial charge in [0.2, 0.25) is 0 Å². The number of aryl methyl sites for hydroxylation is 4. The first-order valence-corrected chi connectivity index (χ1v) is 11.9. The van der Waals surface area contributed by atoms with Crippen molar-refractivity contribution in [2.75, 3.05) is 0 Å². The first-order chi connectivity index (χ1) is 16.5. The molecular weight excluding hydrogens is 408 g/mol. The standard InChI is InChI=1S/C34H30/c1-23-9-11-25(3)27(17-23)13-15-31-21-33-19-29-7-5-6-8-30(29)20-34(33)22-32(31)16-14-28-18-24(2)10-12-26(28)4/h5-22H,1-4H3. The second kappa shape index (κ2) is 9.15. The van der Waals surface area contributed by atoms with Crippen LogP contribution in [-0.2, 0) is 0 Å². The Labute approximate surface area is 202 Å². The highest BCUT2D eigenvalue weighted by molar-refractivity contribution is 6.01. The third kappa shape index (κ3) is 4.58. The molecule has 0 nitrogen and oxygen atoms in total. The van der Waals surface area contributed by atoms with Crippen molar-refractivity contribution in [2.24, 2.45) is 0 Å². The van der Waals surface area contributed by atoms with E-state index in [1.807, 2.05) is 0 Å². The zero-order valence-corrected chi connectivity index (χ0v) is 20.4. The van der Waals surface area contributed by atoms with E-state index in [-0.39, 0.29) is 0 Å². The van der Waals surface area contributed by atoms with Crippen LogP contribution in [-0.4, -0.2) is 0 Å². The van der Waals surface area contributed by atoms with Gasteiger partial charge in [-0.15, -0.1) is 0 Å². The van der Waals surface area contributed by atoms with Crippen LogP contribution in [0, 0.1) is 27.7 Å². The Balaban J connectivity index is 1.66. The normalized spacial score (nSPS) is 11.9. The van der Waals surface area contributed by atoms with Crippen molar-refractivity contribution >= 4 is 45.8 Å². The van der Waals surface area contributed by atoms with E-state index in [0.717, 1.165) is 0 Å². The SMILES string of the molecule is Cc1ccc(C)c(C=Cc2cc3cc4ccccc4cc3cc2C=Cc2cc(C)ccc2C)c1. The molecule has 0 fully saturated rings. The topological polar surface area (TPSA) is 0 Å². The van der Waals surface area contributed by atoms with E-state index >= 15 is 0 Å². The molecule has 0 aromatic heterocycles. The highest BCUT2D eigenvalue weighted by atomic mass is 14.1. The lowest BCUT2D eigenvalue weighted by Crippen LogP contribution is -1.87. The van der Waals surface area contributed by atoms with Crippen molar-refractivity contribution in [3.05, 3.63) is 129 Å². The zero-order valence-electron chi connectivity index (χ0n) is 20.4. The summed E-state index contributed by atoms with van der Waals surface area (Å²) >= 11 is 0. The van der Waals surface area contributed by atoms with Crippen molar-refractivity contribution in [1.82, 2.24) is 0 Å². The summed E-state index contributed by atoms with van der Waals surface area (Å²) < 4.78 is 0. The molecule has 0 saturated carbocycles. The maximum absolute atomic E-state index is 2.33. The van der Waals surface area contributed by atoms with Gasteiger partial charge < -0.3 is 0 Å². The molecule has 5 aromatic carbocycles. The molecule has 0 aliphatic heterocycles. The lowest BCUT2D eigenvalue weighted by atomic mass is 9.95. The zero-order chi connectivity index (χ0) is 23.7. The Bertz CT molecular complexity index is 1460. The average Bonchev–Trinajstić information content (AvgIpc) is 2.83. The Hall–Kier alpha value is -3.90. The molecule has 0 heteroatoms. The molecule has 0 N–H and O–H groups in total. The predicted molar refractivity (Wildman–Crippen MR) is 151 cm³/mol. The highest BCUT2D eigenvalue weighted by Crippen LogP contribution is 2.29. The van der Waals surface area contributed by atoms with Crippen LogP contribution in [0.25, 0.3) is 45.8 Å². The minimum atomic E-state index is 1.23. The van der Waals surface area contributed by atoms with E-state index < -0.39 is 0 Å². The Morgan fingerprint density at radius 3 is 1.24 bits per heavy atom. The molecule has 0 bridgehead atoms. The van der Waals surface area contributed by atoms with Gasteiger partial charge >= 0.3 is 0 Å². The van der Waals surface area contributed by atoms with E-state index in [9.17, 15) is 0 Å². The van der Waals surface area contributed by atoms with Gasteiger partial charge in [-0.3, -0.25) is 0 Å². The lowest BCUT2D eigenvalue weighted by molar-refractivity contribution is 1.38. The van der Waals surface area contributed by atoms with E-state index in [1.54, 1.807) is 0 Å². The number of benzene rings is 5. The van der Waals surface area contributed by atoms with Crippen LogP contribution in [0.2, 0.25) is 0 Å². The summed E-state index contributed by atoms with van der Waals surface area (Å²) in [5, 5.41) is 5.09. The Morgan fingerprint density at radius 2 is 0.794 bits per heavy atom. The van der Waals surface area contributed by atoms with Gasteiger partial charge in [-0.05, 0) is 107 Å². The molecule has 0 amide bonds. The quantitative estimate of drug-likeness (QED) is 0.193. The van der Waals surface area contributed by atoms with Gasteiger partial charge in [0, 0.05) is 0 Å². The van der Waals surface area contributed by atoms with E-state index in [0.29, 0.717) is 0 Å². The molecule has 0 radical (unpaired) electrons. The molecule has 0 aliphatic rings. The number of hydrogen-bond acceptors (Lipinski definition) is 0. The molecule has 5 rings (SSSR count). The van der Waals surface area contributed by atoms with Crippen LogP contribution in [0.1, 0.15) is 44.5 Å². The second-order valence-electron chi connectivity index (χ2n) is 9.41. The maximum Gasteiger partial charge on any atom is -0.0171 e. The highest BCUT2D eigenvalue weighted by Gasteiger charge is 2.05. The summed E-state index contributed by atoms with van der Waals surface area (Å²) in [6.45, 7) is 8.65. The molecule has 5 aromatic rings. The monoisotopic (exact) mass is 438 g/mol. The van der Waals surface area contributed by atoms with Crippen LogP contribution >= 0.6 is 0 Å². The van der Waals surface area contributed by atoms with Gasteiger partial charge in [-0.25, -0.2) is 0 Å². The van der Waals surface area contributed by atoms with Gasteiger partial charge in [-0.1, -0.05) is 96.1 Å². The van der Waals surface area contributed by atoms with Gasteiger partial charge in [0.05, 0.1) is 0 Å². The Morgan fingerprint density at radius 1 is 0.382 bits per heavy atom. The summed E-state index contributed by atoms with van der Waals surface area (Å²) in [7, 11) is 0. The van der Waals surface area contributed by atoms with E-state index in [2.05, 4.69) is 137 Å². The number of rotatable bonds is 4. The molecule has 34 heavy (non-hydrogen) atoms. The van der Waals surface area contributed by atoms with Crippen molar-refractivity contribution < 1.29 is 0 Å². The van der Waals surface area contributed by atoms with Gasteiger partial charge in [0.15, 0.2) is 0 Å². The maximum atomic E-state index is 2.33. The summed E-state index contributed by atoms with van der Waals surface area (Å²) in [5.41, 5.74) is 10.1. The van der Waals surface area contributed by atoms with Gasteiger partial charge in [0.25, 0.3) is 0 Å². The molecule has 0 atom stereocenters. The third-order valence-corrected chi connectivity index (χ3v) is 6.66. The van der Waals surface area contributed by atoms with E-state index in [1.165, 1.54) is 66.1 Å². The summed E-state index contributed by atoms with van der Waals surface area (Å²) in [6.07, 6.45) is 9.03. The summed E-state index contributed by atoms with van der Waals surface area (Å²) in [5.74, 6) is 0.